The molecule has 1 N–H and O–H groups in total. The Balaban J connectivity index is 1.59. The summed E-state index contributed by atoms with van der Waals surface area (Å²) in [5, 5.41) is 6.55. The molecule has 1 atom stereocenters. The van der Waals surface area contributed by atoms with Gasteiger partial charge in [0.05, 0.1) is 6.54 Å². The highest BCUT2D eigenvalue weighted by molar-refractivity contribution is 5.81. The van der Waals surface area contributed by atoms with E-state index in [1.165, 1.54) is 0 Å². The van der Waals surface area contributed by atoms with Crippen molar-refractivity contribution in [2.45, 2.75) is 19.6 Å². The third-order valence-electron chi connectivity index (χ3n) is 2.92. The fourth-order valence-electron chi connectivity index (χ4n) is 1.94. The molecule has 1 aromatic carbocycles. The minimum Gasteiger partial charge on any atom is -0.485 e. The first-order valence-electron chi connectivity index (χ1n) is 6.31. The van der Waals surface area contributed by atoms with Crippen LogP contribution in [0.2, 0.25) is 0 Å². The monoisotopic (exact) mass is 274 g/mol. The second-order valence-corrected chi connectivity index (χ2v) is 4.51. The summed E-state index contributed by atoms with van der Waals surface area (Å²) in [6.45, 7) is 2.30. The van der Waals surface area contributed by atoms with Crippen LogP contribution in [0.4, 0.5) is 0 Å². The third-order valence-corrected chi connectivity index (χ3v) is 2.92. The number of nitrogens with zero attached hydrogens (tertiary/aromatic N) is 1. The van der Waals surface area contributed by atoms with E-state index in [1.54, 1.807) is 19.1 Å². The largest absolute Gasteiger partial charge is 0.485 e. The average Bonchev–Trinajstić information content (AvgIpc) is 2.90. The summed E-state index contributed by atoms with van der Waals surface area (Å²) < 4.78 is 16.0. The fourth-order valence-corrected chi connectivity index (χ4v) is 1.94. The van der Waals surface area contributed by atoms with Crippen LogP contribution in [0, 0.1) is 6.92 Å². The summed E-state index contributed by atoms with van der Waals surface area (Å²) in [6.07, 6.45) is -0.655. The van der Waals surface area contributed by atoms with Crippen molar-refractivity contribution in [3.8, 4) is 11.5 Å². The standard InChI is InChI=1S/C14H14N2O4/c1-9-6-10(16-20-9)7-15-14(17)13-8-18-11-4-2-3-5-12(11)19-13/h2-6,13H,7-8H2,1H3,(H,15,17). The van der Waals surface area contributed by atoms with Crippen LogP contribution in [-0.4, -0.2) is 23.8 Å². The maximum Gasteiger partial charge on any atom is 0.265 e. The van der Waals surface area contributed by atoms with E-state index in [4.69, 9.17) is 14.0 Å². The number of hydrogen-bond acceptors (Lipinski definition) is 5. The van der Waals surface area contributed by atoms with Crippen molar-refractivity contribution < 1.29 is 18.8 Å². The molecule has 2 heterocycles. The van der Waals surface area contributed by atoms with Gasteiger partial charge in [-0.25, -0.2) is 0 Å². The fraction of sp³-hybridized carbons (Fsp3) is 0.286. The molecule has 104 valence electrons. The van der Waals surface area contributed by atoms with Crippen molar-refractivity contribution >= 4 is 5.91 Å². The van der Waals surface area contributed by atoms with E-state index in [-0.39, 0.29) is 12.5 Å². The van der Waals surface area contributed by atoms with E-state index in [9.17, 15) is 4.79 Å². The highest BCUT2D eigenvalue weighted by Gasteiger charge is 2.27. The van der Waals surface area contributed by atoms with E-state index in [0.29, 0.717) is 29.5 Å². The van der Waals surface area contributed by atoms with Crippen molar-refractivity contribution in [1.29, 1.82) is 0 Å². The van der Waals surface area contributed by atoms with Gasteiger partial charge in [-0.05, 0) is 19.1 Å². The topological polar surface area (TPSA) is 73.6 Å². The summed E-state index contributed by atoms with van der Waals surface area (Å²) in [7, 11) is 0. The molecule has 0 saturated carbocycles. The number of fused-ring (bicyclic) bond motifs is 1. The quantitative estimate of drug-likeness (QED) is 0.916. The molecule has 1 aromatic heterocycles. The lowest BCUT2D eigenvalue weighted by atomic mass is 10.2. The number of benzene rings is 1. The smallest absolute Gasteiger partial charge is 0.265 e. The number of para-hydroxylation sites is 2. The second kappa shape index (κ2) is 5.24. The molecular weight excluding hydrogens is 260 g/mol. The number of carbonyl (C=O) groups is 1. The molecule has 2 aromatic rings. The van der Waals surface area contributed by atoms with Crippen molar-refractivity contribution in [2.24, 2.45) is 0 Å². The number of aryl methyl sites for hydroxylation is 1. The first kappa shape index (κ1) is 12.5. The van der Waals surface area contributed by atoms with Crippen molar-refractivity contribution in [2.75, 3.05) is 6.61 Å². The molecule has 20 heavy (non-hydrogen) atoms. The number of hydrogen-bond donors (Lipinski definition) is 1. The zero-order chi connectivity index (χ0) is 13.9. The second-order valence-electron chi connectivity index (χ2n) is 4.51. The average molecular weight is 274 g/mol. The van der Waals surface area contributed by atoms with E-state index in [2.05, 4.69) is 10.5 Å². The Morgan fingerprint density at radius 1 is 1.40 bits per heavy atom. The molecule has 0 aliphatic carbocycles. The number of nitrogens with one attached hydrogen (secondary N) is 1. The molecule has 1 aliphatic rings. The molecule has 0 saturated heterocycles. The van der Waals surface area contributed by atoms with Crippen molar-refractivity contribution in [3.05, 3.63) is 41.8 Å². The predicted octanol–water partition coefficient (Wildman–Crippen LogP) is 1.44. The van der Waals surface area contributed by atoms with Crippen LogP contribution in [0.5, 0.6) is 11.5 Å². The van der Waals surface area contributed by atoms with Crippen LogP contribution in [0.25, 0.3) is 0 Å². The highest BCUT2D eigenvalue weighted by Crippen LogP contribution is 2.30. The zero-order valence-electron chi connectivity index (χ0n) is 11.0. The van der Waals surface area contributed by atoms with Gasteiger partial charge in [-0.3, -0.25) is 4.79 Å². The van der Waals surface area contributed by atoms with E-state index < -0.39 is 6.10 Å². The first-order valence-corrected chi connectivity index (χ1v) is 6.31. The van der Waals surface area contributed by atoms with Crippen molar-refractivity contribution in [1.82, 2.24) is 10.5 Å². The minimum atomic E-state index is -0.655. The molecule has 0 spiro atoms. The number of carbonyl (C=O) groups excluding carboxylic acids is 1. The molecule has 6 nitrogen and oxygen atoms in total. The summed E-state index contributed by atoms with van der Waals surface area (Å²) in [5.41, 5.74) is 0.674. The van der Waals surface area contributed by atoms with Gasteiger partial charge >= 0.3 is 0 Å². The normalized spacial score (nSPS) is 16.8. The van der Waals surface area contributed by atoms with E-state index >= 15 is 0 Å². The van der Waals surface area contributed by atoms with Crippen LogP contribution in [0.3, 0.4) is 0 Å². The summed E-state index contributed by atoms with van der Waals surface area (Å²) in [4.78, 5) is 12.0. The van der Waals surface area contributed by atoms with E-state index in [0.717, 1.165) is 0 Å². The first-order chi connectivity index (χ1) is 9.72. The van der Waals surface area contributed by atoms with Crippen LogP contribution < -0.4 is 14.8 Å². The van der Waals surface area contributed by atoms with Gasteiger partial charge in [0.2, 0.25) is 6.10 Å². The zero-order valence-corrected chi connectivity index (χ0v) is 11.0. The van der Waals surface area contributed by atoms with Crippen LogP contribution in [0.15, 0.2) is 34.9 Å². The van der Waals surface area contributed by atoms with Gasteiger partial charge in [-0.1, -0.05) is 17.3 Å². The number of ether oxygens (including phenoxy) is 2. The number of amides is 1. The van der Waals surface area contributed by atoms with Gasteiger partial charge in [-0.15, -0.1) is 0 Å². The lowest BCUT2D eigenvalue weighted by Crippen LogP contribution is -2.43. The summed E-state index contributed by atoms with van der Waals surface area (Å²) in [6, 6.07) is 9.04. The minimum absolute atomic E-state index is 0.195. The van der Waals surface area contributed by atoms with Gasteiger partial charge in [0.15, 0.2) is 11.5 Å². The van der Waals surface area contributed by atoms with Gasteiger partial charge < -0.3 is 19.3 Å². The lowest BCUT2D eigenvalue weighted by Gasteiger charge is -2.25. The number of aromatic nitrogens is 1. The Bertz CT molecular complexity index is 623. The van der Waals surface area contributed by atoms with Gasteiger partial charge in [0.1, 0.15) is 18.1 Å². The molecule has 1 unspecified atom stereocenters. The van der Waals surface area contributed by atoms with Crippen LogP contribution in [-0.2, 0) is 11.3 Å². The Hall–Kier alpha value is -2.50. The predicted molar refractivity (Wildman–Crippen MR) is 69.4 cm³/mol. The Morgan fingerprint density at radius 2 is 2.20 bits per heavy atom. The van der Waals surface area contributed by atoms with Gasteiger partial charge in [0, 0.05) is 6.07 Å². The molecule has 0 radical (unpaired) electrons. The molecule has 1 aliphatic heterocycles. The lowest BCUT2D eigenvalue weighted by molar-refractivity contribution is -0.130. The number of rotatable bonds is 3. The Morgan fingerprint density at radius 3 is 2.95 bits per heavy atom. The molecule has 6 heteroatoms. The molecule has 3 rings (SSSR count). The highest BCUT2D eigenvalue weighted by atomic mass is 16.6. The SMILES string of the molecule is Cc1cc(CNC(=O)C2COc3ccccc3O2)no1. The van der Waals surface area contributed by atoms with Gasteiger partial charge in [-0.2, -0.15) is 0 Å². The van der Waals surface area contributed by atoms with E-state index in [1.807, 2.05) is 18.2 Å². The van der Waals surface area contributed by atoms with Crippen molar-refractivity contribution in [3.63, 3.8) is 0 Å². The molecular formula is C14H14N2O4. The van der Waals surface area contributed by atoms with Crippen LogP contribution >= 0.6 is 0 Å². The van der Waals surface area contributed by atoms with Crippen LogP contribution in [0.1, 0.15) is 11.5 Å². The maximum absolute atomic E-state index is 12.0. The summed E-state index contributed by atoms with van der Waals surface area (Å²) in [5.74, 6) is 1.71. The molecule has 1 amide bonds. The van der Waals surface area contributed by atoms with Gasteiger partial charge in [0.25, 0.3) is 5.91 Å². The molecule has 0 bridgehead atoms. The molecule has 0 fully saturated rings. The maximum atomic E-state index is 12.0. The summed E-state index contributed by atoms with van der Waals surface area (Å²) >= 11 is 0. The Labute approximate surface area is 115 Å². The Kier molecular flexibility index (Phi) is 3.28. The third kappa shape index (κ3) is 2.59.